The first-order chi connectivity index (χ1) is 10.6. The molecule has 2 aromatic carbocycles. The summed E-state index contributed by atoms with van der Waals surface area (Å²) in [4.78, 5) is 8.37. The van der Waals surface area contributed by atoms with Crippen LogP contribution in [0.2, 0.25) is 0 Å². The van der Waals surface area contributed by atoms with Crippen LogP contribution in [-0.4, -0.2) is 14.5 Å². The number of benzene rings is 2. The van der Waals surface area contributed by atoms with E-state index in [1.165, 1.54) is 0 Å². The second-order valence-corrected chi connectivity index (χ2v) is 5.31. The molecular weight excluding hydrogens is 274 g/mol. The molecule has 0 bridgehead atoms. The minimum atomic E-state index is 0.198. The van der Waals surface area contributed by atoms with Crippen LogP contribution in [-0.2, 0) is 7.05 Å². The molecule has 4 N–H and O–H groups in total. The summed E-state index contributed by atoms with van der Waals surface area (Å²) in [5, 5.41) is 1.89. The zero-order chi connectivity index (χ0) is 15.3. The fourth-order valence-electron chi connectivity index (χ4n) is 2.97. The van der Waals surface area contributed by atoms with Crippen LogP contribution in [0, 0.1) is 0 Å². The minimum Gasteiger partial charge on any atom is -0.383 e. The number of rotatable bonds is 1. The Labute approximate surface area is 127 Å². The molecule has 2 aromatic heterocycles. The van der Waals surface area contributed by atoms with E-state index in [4.69, 9.17) is 11.5 Å². The summed E-state index contributed by atoms with van der Waals surface area (Å²) in [6.45, 7) is 0. The monoisotopic (exact) mass is 289 g/mol. The third-order valence-corrected chi connectivity index (χ3v) is 4.00. The lowest BCUT2D eigenvalue weighted by Gasteiger charge is -2.05. The fraction of sp³-hybridized carbons (Fsp3) is 0.0588. The van der Waals surface area contributed by atoms with Gasteiger partial charge in [-0.25, -0.2) is 4.98 Å². The van der Waals surface area contributed by atoms with Crippen LogP contribution in [0.4, 0.5) is 11.8 Å². The van der Waals surface area contributed by atoms with Crippen LogP contribution >= 0.6 is 0 Å². The molecule has 5 nitrogen and oxygen atoms in total. The van der Waals surface area contributed by atoms with Gasteiger partial charge in [0.1, 0.15) is 5.82 Å². The van der Waals surface area contributed by atoms with Crippen LogP contribution in [0.3, 0.4) is 0 Å². The van der Waals surface area contributed by atoms with Gasteiger partial charge in [0.25, 0.3) is 0 Å². The largest absolute Gasteiger partial charge is 0.383 e. The Hall–Kier alpha value is -3.08. The van der Waals surface area contributed by atoms with Gasteiger partial charge in [-0.3, -0.25) is 0 Å². The first kappa shape index (κ1) is 12.6. The van der Waals surface area contributed by atoms with Crippen molar-refractivity contribution in [3.05, 3.63) is 48.5 Å². The van der Waals surface area contributed by atoms with Gasteiger partial charge in [0.05, 0.1) is 10.9 Å². The molecule has 2 heterocycles. The number of hydrogen-bond donors (Lipinski definition) is 2. The van der Waals surface area contributed by atoms with Crippen molar-refractivity contribution in [1.82, 2.24) is 14.5 Å². The zero-order valence-corrected chi connectivity index (χ0v) is 12.1. The van der Waals surface area contributed by atoms with Crippen molar-refractivity contribution in [2.45, 2.75) is 0 Å². The maximum absolute atomic E-state index is 6.08. The summed E-state index contributed by atoms with van der Waals surface area (Å²) < 4.78 is 2.15. The molecule has 0 aliphatic rings. The first-order valence-corrected chi connectivity index (χ1v) is 7.01. The van der Waals surface area contributed by atoms with E-state index >= 15 is 0 Å². The van der Waals surface area contributed by atoms with Crippen molar-refractivity contribution in [2.24, 2.45) is 7.05 Å². The average molecular weight is 289 g/mol. The van der Waals surface area contributed by atoms with Crippen molar-refractivity contribution in [1.29, 1.82) is 0 Å². The molecule has 0 amide bonds. The van der Waals surface area contributed by atoms with Crippen molar-refractivity contribution < 1.29 is 0 Å². The molecule has 0 saturated heterocycles. The van der Waals surface area contributed by atoms with Gasteiger partial charge < -0.3 is 16.0 Å². The summed E-state index contributed by atoms with van der Waals surface area (Å²) in [6.07, 6.45) is 0. The molecule has 0 unspecified atom stereocenters. The van der Waals surface area contributed by atoms with Crippen LogP contribution in [0.15, 0.2) is 48.5 Å². The highest BCUT2D eigenvalue weighted by Gasteiger charge is 2.13. The Bertz CT molecular complexity index is 1000. The fourth-order valence-corrected chi connectivity index (χ4v) is 2.97. The second kappa shape index (κ2) is 4.46. The maximum Gasteiger partial charge on any atom is 0.222 e. The third-order valence-electron chi connectivity index (χ3n) is 4.00. The van der Waals surface area contributed by atoms with E-state index < -0.39 is 0 Å². The van der Waals surface area contributed by atoms with Crippen molar-refractivity contribution in [2.75, 3.05) is 11.5 Å². The number of fused-ring (bicyclic) bond motifs is 3. The highest BCUT2D eigenvalue weighted by atomic mass is 15.0. The number of hydrogen-bond acceptors (Lipinski definition) is 4. The maximum atomic E-state index is 6.08. The SMILES string of the molecule is Cn1c(-c2ccccc2)cc2c3c(N)nc(N)nc3ccc21. The van der Waals surface area contributed by atoms with E-state index in [2.05, 4.69) is 32.7 Å². The molecule has 0 atom stereocenters. The van der Waals surface area contributed by atoms with Crippen LogP contribution in [0.1, 0.15) is 0 Å². The standard InChI is InChI=1S/C17H15N5/c1-22-13-8-7-12-15(16(18)21-17(19)20-12)11(13)9-14(22)10-5-3-2-4-6-10/h2-9H,1H3,(H4,18,19,20,21). The Kier molecular flexibility index (Phi) is 2.56. The molecule has 108 valence electrons. The van der Waals surface area contributed by atoms with Crippen LogP contribution < -0.4 is 11.5 Å². The Morgan fingerprint density at radius 1 is 0.955 bits per heavy atom. The Morgan fingerprint density at radius 3 is 2.50 bits per heavy atom. The molecule has 0 saturated carbocycles. The molecule has 4 aromatic rings. The van der Waals surface area contributed by atoms with Crippen LogP contribution in [0.5, 0.6) is 0 Å². The smallest absolute Gasteiger partial charge is 0.222 e. The highest BCUT2D eigenvalue weighted by Crippen LogP contribution is 2.33. The van der Waals surface area contributed by atoms with Crippen molar-refractivity contribution in [3.8, 4) is 11.3 Å². The van der Waals surface area contributed by atoms with Gasteiger partial charge >= 0.3 is 0 Å². The molecule has 0 radical (unpaired) electrons. The molecule has 22 heavy (non-hydrogen) atoms. The highest BCUT2D eigenvalue weighted by molar-refractivity contribution is 6.12. The van der Waals surface area contributed by atoms with Crippen molar-refractivity contribution >= 4 is 33.6 Å². The molecule has 0 aliphatic carbocycles. The topological polar surface area (TPSA) is 82.8 Å². The van der Waals surface area contributed by atoms with E-state index in [9.17, 15) is 0 Å². The summed E-state index contributed by atoms with van der Waals surface area (Å²) >= 11 is 0. The second-order valence-electron chi connectivity index (χ2n) is 5.31. The summed E-state index contributed by atoms with van der Waals surface area (Å²) in [5.74, 6) is 0.613. The predicted octanol–water partition coefficient (Wildman–Crippen LogP) is 2.95. The summed E-state index contributed by atoms with van der Waals surface area (Å²) in [5.41, 5.74) is 15.9. The van der Waals surface area contributed by atoms with Gasteiger partial charge in [-0.15, -0.1) is 0 Å². The zero-order valence-electron chi connectivity index (χ0n) is 12.1. The molecule has 0 aliphatic heterocycles. The molecular formula is C17H15N5. The number of anilines is 2. The number of aryl methyl sites for hydroxylation is 1. The van der Waals surface area contributed by atoms with E-state index in [0.717, 1.165) is 33.1 Å². The molecule has 5 heteroatoms. The normalized spacial score (nSPS) is 11.3. The summed E-state index contributed by atoms with van der Waals surface area (Å²) in [7, 11) is 2.05. The Balaban J connectivity index is 2.12. The van der Waals surface area contributed by atoms with Gasteiger partial charge in [0.15, 0.2) is 0 Å². The number of aromatic nitrogens is 3. The van der Waals surface area contributed by atoms with E-state index in [-0.39, 0.29) is 5.95 Å². The van der Waals surface area contributed by atoms with Gasteiger partial charge in [-0.2, -0.15) is 4.98 Å². The Morgan fingerprint density at radius 2 is 1.73 bits per heavy atom. The van der Waals surface area contributed by atoms with Gasteiger partial charge in [0, 0.05) is 23.6 Å². The number of nitrogens with two attached hydrogens (primary N) is 2. The lowest BCUT2D eigenvalue weighted by Crippen LogP contribution is -2.00. The van der Waals surface area contributed by atoms with E-state index in [1.54, 1.807) is 0 Å². The van der Waals surface area contributed by atoms with E-state index in [0.29, 0.717) is 5.82 Å². The van der Waals surface area contributed by atoms with Crippen molar-refractivity contribution in [3.63, 3.8) is 0 Å². The quantitative estimate of drug-likeness (QED) is 0.564. The summed E-state index contributed by atoms with van der Waals surface area (Å²) in [6, 6.07) is 16.4. The molecule has 4 rings (SSSR count). The minimum absolute atomic E-state index is 0.198. The third kappa shape index (κ3) is 1.72. The average Bonchev–Trinajstić information content (AvgIpc) is 2.84. The molecule has 0 spiro atoms. The lowest BCUT2D eigenvalue weighted by atomic mass is 10.1. The van der Waals surface area contributed by atoms with Crippen LogP contribution in [0.25, 0.3) is 33.1 Å². The van der Waals surface area contributed by atoms with E-state index in [1.807, 2.05) is 37.4 Å². The first-order valence-electron chi connectivity index (χ1n) is 7.01. The number of nitrogens with zero attached hydrogens (tertiary/aromatic N) is 3. The van der Waals surface area contributed by atoms with Gasteiger partial charge in [-0.1, -0.05) is 30.3 Å². The van der Waals surface area contributed by atoms with Gasteiger partial charge in [0.2, 0.25) is 5.95 Å². The molecule has 0 fully saturated rings. The van der Waals surface area contributed by atoms with Gasteiger partial charge in [-0.05, 0) is 23.8 Å². The lowest BCUT2D eigenvalue weighted by molar-refractivity contribution is 0.978. The number of nitrogen functional groups attached to an aromatic ring is 2. The predicted molar refractivity (Wildman–Crippen MR) is 90.3 cm³/mol.